The number of allylic oxidation sites excluding steroid dienone is 1. The zero-order chi connectivity index (χ0) is 18.8. The lowest BCUT2D eigenvalue weighted by Gasteiger charge is -2.15. The van der Waals surface area contributed by atoms with E-state index in [1.807, 2.05) is 36.4 Å². The number of ether oxygens (including phenoxy) is 1. The first-order valence-corrected chi connectivity index (χ1v) is 9.04. The van der Waals surface area contributed by atoms with E-state index in [2.05, 4.69) is 74.9 Å². The van der Waals surface area contributed by atoms with Gasteiger partial charge in [-0.1, -0.05) is 60.4 Å². The lowest BCUT2D eigenvalue weighted by Crippen LogP contribution is -2.17. The van der Waals surface area contributed by atoms with Gasteiger partial charge in [0.1, 0.15) is 12.4 Å². The third kappa shape index (κ3) is 8.05. The van der Waals surface area contributed by atoms with Crippen molar-refractivity contribution in [3.63, 3.8) is 0 Å². The zero-order valence-electron chi connectivity index (χ0n) is 16.3. The molecular formula is C24H29NO. The Labute approximate surface area is 158 Å². The molecule has 0 amide bonds. The van der Waals surface area contributed by atoms with Gasteiger partial charge in [-0.25, -0.2) is 0 Å². The van der Waals surface area contributed by atoms with Gasteiger partial charge in [-0.2, -0.15) is 0 Å². The van der Waals surface area contributed by atoms with Crippen molar-refractivity contribution in [1.29, 1.82) is 0 Å². The maximum absolute atomic E-state index is 5.83. The number of nitrogens with zero attached hydrogens (tertiary/aromatic N) is 1. The van der Waals surface area contributed by atoms with Gasteiger partial charge in [0.05, 0.1) is 0 Å². The van der Waals surface area contributed by atoms with Gasteiger partial charge in [-0.3, -0.25) is 4.90 Å². The quantitative estimate of drug-likeness (QED) is 0.630. The van der Waals surface area contributed by atoms with Crippen molar-refractivity contribution in [1.82, 2.24) is 4.90 Å². The molecular weight excluding hydrogens is 318 g/mol. The smallest absolute Gasteiger partial charge is 0.119 e. The van der Waals surface area contributed by atoms with E-state index in [4.69, 9.17) is 4.74 Å². The highest BCUT2D eigenvalue weighted by Gasteiger charge is 2.03. The van der Waals surface area contributed by atoms with E-state index in [1.165, 1.54) is 11.1 Å². The molecule has 2 rings (SSSR count). The Kier molecular flexibility index (Phi) is 7.51. The first-order valence-electron chi connectivity index (χ1n) is 9.04. The molecule has 0 aliphatic heterocycles. The van der Waals surface area contributed by atoms with Crippen LogP contribution in [-0.2, 0) is 13.2 Å². The average Bonchev–Trinajstić information content (AvgIpc) is 2.60. The summed E-state index contributed by atoms with van der Waals surface area (Å²) in [6.45, 7) is 8.72. The summed E-state index contributed by atoms with van der Waals surface area (Å²) < 4.78 is 5.83. The Morgan fingerprint density at radius 3 is 2.46 bits per heavy atom. The summed E-state index contributed by atoms with van der Waals surface area (Å²) in [5.41, 5.74) is 2.53. The van der Waals surface area contributed by atoms with Crippen molar-refractivity contribution >= 4 is 0 Å². The van der Waals surface area contributed by atoms with Gasteiger partial charge in [0.2, 0.25) is 0 Å². The summed E-state index contributed by atoms with van der Waals surface area (Å²) in [5.74, 6) is 7.22. The van der Waals surface area contributed by atoms with Gasteiger partial charge < -0.3 is 4.74 Å². The van der Waals surface area contributed by atoms with E-state index in [-0.39, 0.29) is 5.41 Å². The molecule has 0 saturated carbocycles. The van der Waals surface area contributed by atoms with Gasteiger partial charge in [0.15, 0.2) is 0 Å². The van der Waals surface area contributed by atoms with Crippen molar-refractivity contribution in [2.45, 2.75) is 33.9 Å². The van der Waals surface area contributed by atoms with Crippen LogP contribution < -0.4 is 4.74 Å². The fraction of sp³-hybridized carbons (Fsp3) is 0.333. The molecule has 2 aromatic rings. The largest absolute Gasteiger partial charge is 0.489 e. The SMILES string of the molecule is CN(C/C=C\C#CC(C)(C)C)Cc1cccc(COc2ccccc2)c1. The molecule has 2 nitrogen and oxygen atoms in total. The van der Waals surface area contributed by atoms with E-state index in [0.717, 1.165) is 18.8 Å². The molecule has 0 aromatic heterocycles. The van der Waals surface area contributed by atoms with Crippen molar-refractivity contribution in [2.24, 2.45) is 5.41 Å². The molecule has 0 aliphatic carbocycles. The molecule has 2 heteroatoms. The van der Waals surface area contributed by atoms with Crippen molar-refractivity contribution in [3.05, 3.63) is 77.9 Å². The van der Waals surface area contributed by atoms with E-state index < -0.39 is 0 Å². The van der Waals surface area contributed by atoms with Gasteiger partial charge in [-0.05, 0) is 57.2 Å². The van der Waals surface area contributed by atoms with E-state index >= 15 is 0 Å². The summed E-state index contributed by atoms with van der Waals surface area (Å²) in [7, 11) is 2.12. The highest BCUT2D eigenvalue weighted by Crippen LogP contribution is 2.13. The number of hydrogen-bond acceptors (Lipinski definition) is 2. The number of rotatable bonds is 7. The minimum Gasteiger partial charge on any atom is -0.489 e. The monoisotopic (exact) mass is 347 g/mol. The Morgan fingerprint density at radius 2 is 1.73 bits per heavy atom. The summed E-state index contributed by atoms with van der Waals surface area (Å²) in [6, 6.07) is 18.5. The van der Waals surface area contributed by atoms with Crippen LogP contribution in [0, 0.1) is 17.3 Å². The average molecular weight is 348 g/mol. The van der Waals surface area contributed by atoms with Crippen LogP contribution in [0.3, 0.4) is 0 Å². The van der Waals surface area contributed by atoms with Gasteiger partial charge in [-0.15, -0.1) is 0 Å². The standard InChI is InChI=1S/C24H29NO/c1-24(2,3)16-9-6-10-17-25(4)19-21-12-11-13-22(18-21)20-26-23-14-7-5-8-15-23/h5-8,10-15,18H,17,19-20H2,1-4H3/b10-6-. The highest BCUT2D eigenvalue weighted by atomic mass is 16.5. The molecule has 0 fully saturated rings. The van der Waals surface area contributed by atoms with Crippen molar-refractivity contribution < 1.29 is 4.74 Å². The molecule has 0 spiro atoms. The summed E-state index contributed by atoms with van der Waals surface area (Å²) >= 11 is 0. The molecule has 0 unspecified atom stereocenters. The summed E-state index contributed by atoms with van der Waals surface area (Å²) in [6.07, 6.45) is 4.06. The Morgan fingerprint density at radius 1 is 1.00 bits per heavy atom. The lowest BCUT2D eigenvalue weighted by atomic mass is 9.98. The normalized spacial score (nSPS) is 11.4. The lowest BCUT2D eigenvalue weighted by molar-refractivity contribution is 0.305. The predicted molar refractivity (Wildman–Crippen MR) is 110 cm³/mol. The highest BCUT2D eigenvalue weighted by molar-refractivity contribution is 5.25. The van der Waals surface area contributed by atoms with Crippen LogP contribution in [-0.4, -0.2) is 18.5 Å². The fourth-order valence-corrected chi connectivity index (χ4v) is 2.43. The van der Waals surface area contributed by atoms with E-state index in [9.17, 15) is 0 Å². The summed E-state index contributed by atoms with van der Waals surface area (Å²) in [5, 5.41) is 0. The van der Waals surface area contributed by atoms with Gasteiger partial charge in [0.25, 0.3) is 0 Å². The van der Waals surface area contributed by atoms with Crippen molar-refractivity contribution in [3.8, 4) is 17.6 Å². The zero-order valence-corrected chi connectivity index (χ0v) is 16.3. The second-order valence-electron chi connectivity index (χ2n) is 7.54. The van der Waals surface area contributed by atoms with Crippen LogP contribution in [0.5, 0.6) is 5.75 Å². The Balaban J connectivity index is 1.83. The minimum absolute atomic E-state index is 0.0541. The van der Waals surface area contributed by atoms with Crippen LogP contribution in [0.15, 0.2) is 66.7 Å². The fourth-order valence-electron chi connectivity index (χ4n) is 2.43. The molecule has 0 N–H and O–H groups in total. The third-order valence-corrected chi connectivity index (χ3v) is 3.66. The van der Waals surface area contributed by atoms with Gasteiger partial charge >= 0.3 is 0 Å². The predicted octanol–water partition coefficient (Wildman–Crippen LogP) is 5.30. The second kappa shape index (κ2) is 9.85. The molecule has 0 radical (unpaired) electrons. The first kappa shape index (κ1) is 19.8. The van der Waals surface area contributed by atoms with Crippen LogP contribution in [0.25, 0.3) is 0 Å². The maximum Gasteiger partial charge on any atom is 0.119 e. The third-order valence-electron chi connectivity index (χ3n) is 3.66. The first-order chi connectivity index (χ1) is 12.4. The van der Waals surface area contributed by atoms with E-state index in [0.29, 0.717) is 6.61 Å². The Hall–Kier alpha value is -2.50. The molecule has 0 aliphatic rings. The number of hydrogen-bond donors (Lipinski definition) is 0. The number of likely N-dealkylation sites (N-methyl/N-ethyl adjacent to an activating group) is 1. The van der Waals surface area contributed by atoms with Crippen LogP contribution in [0.2, 0.25) is 0 Å². The van der Waals surface area contributed by atoms with Crippen LogP contribution in [0.1, 0.15) is 31.9 Å². The minimum atomic E-state index is 0.0541. The molecule has 2 aromatic carbocycles. The van der Waals surface area contributed by atoms with Gasteiger partial charge in [0, 0.05) is 18.5 Å². The molecule has 0 saturated heterocycles. The molecule has 136 valence electrons. The number of benzene rings is 2. The second-order valence-corrected chi connectivity index (χ2v) is 7.54. The van der Waals surface area contributed by atoms with Crippen LogP contribution >= 0.6 is 0 Å². The van der Waals surface area contributed by atoms with Crippen LogP contribution in [0.4, 0.5) is 0 Å². The summed E-state index contributed by atoms with van der Waals surface area (Å²) in [4.78, 5) is 2.27. The number of para-hydroxylation sites is 1. The van der Waals surface area contributed by atoms with E-state index in [1.54, 1.807) is 0 Å². The molecule has 26 heavy (non-hydrogen) atoms. The van der Waals surface area contributed by atoms with Crippen molar-refractivity contribution in [2.75, 3.05) is 13.6 Å². The molecule has 0 heterocycles. The topological polar surface area (TPSA) is 12.5 Å². The molecule has 0 bridgehead atoms. The maximum atomic E-state index is 5.83. The Bertz CT molecular complexity index is 760. The molecule has 0 atom stereocenters.